The average Bonchev–Trinajstić information content (AvgIpc) is 3.05. The number of piperazine rings is 1. The van der Waals surface area contributed by atoms with Crippen LogP contribution in [0.1, 0.15) is 18.9 Å². The molecule has 2 aliphatic heterocycles. The maximum Gasteiger partial charge on any atom is 0.344 e. The van der Waals surface area contributed by atoms with Crippen LogP contribution in [0.2, 0.25) is 5.02 Å². The van der Waals surface area contributed by atoms with Crippen LogP contribution in [0.5, 0.6) is 0 Å². The predicted molar refractivity (Wildman–Crippen MR) is 122 cm³/mol. The Kier molecular flexibility index (Phi) is 6.34. The molecule has 2 aromatic rings. The van der Waals surface area contributed by atoms with Gasteiger partial charge in [-0.25, -0.2) is 4.79 Å². The topological polar surface area (TPSA) is 85.0 Å². The number of nitrogens with one attached hydrogen (secondary N) is 2. The lowest BCUT2D eigenvalue weighted by atomic mass is 9.87. The van der Waals surface area contributed by atoms with Crippen LogP contribution in [0.15, 0.2) is 54.6 Å². The summed E-state index contributed by atoms with van der Waals surface area (Å²) in [5.74, 6) is -0.875. The number of carbonyl (C=O) groups is 3. The molecule has 9 heteroatoms. The molecule has 0 aromatic heterocycles. The molecule has 1 atom stereocenters. The van der Waals surface area contributed by atoms with Gasteiger partial charge in [-0.3, -0.25) is 19.9 Å². The molecule has 2 aliphatic rings. The second kappa shape index (κ2) is 9.18. The highest BCUT2D eigenvalue weighted by Crippen LogP contribution is 2.31. The molecule has 2 heterocycles. The molecule has 2 saturated heterocycles. The van der Waals surface area contributed by atoms with Crippen molar-refractivity contribution in [3.63, 3.8) is 0 Å². The van der Waals surface area contributed by atoms with Crippen LogP contribution in [0, 0.1) is 0 Å². The minimum absolute atomic E-state index is 0.102. The Balaban J connectivity index is 1.34. The van der Waals surface area contributed by atoms with Crippen LogP contribution in [0.25, 0.3) is 0 Å². The third-order valence-corrected chi connectivity index (χ3v) is 6.27. The summed E-state index contributed by atoms with van der Waals surface area (Å²) >= 11 is 6.08. The minimum atomic E-state index is -1.17. The lowest BCUT2D eigenvalue weighted by molar-refractivity contribution is -0.139. The number of hydrazine groups is 1. The van der Waals surface area contributed by atoms with Gasteiger partial charge in [-0.1, -0.05) is 54.9 Å². The highest BCUT2D eigenvalue weighted by atomic mass is 35.5. The van der Waals surface area contributed by atoms with E-state index < -0.39 is 23.4 Å². The number of imide groups is 1. The Morgan fingerprint density at radius 3 is 2.44 bits per heavy atom. The normalized spacial score (nSPS) is 21.6. The molecule has 0 aliphatic carbocycles. The Morgan fingerprint density at radius 1 is 1.06 bits per heavy atom. The number of urea groups is 1. The quantitative estimate of drug-likeness (QED) is 0.653. The summed E-state index contributed by atoms with van der Waals surface area (Å²) in [6, 6.07) is 16.1. The van der Waals surface area contributed by atoms with Crippen LogP contribution in [-0.4, -0.2) is 60.5 Å². The average molecular weight is 456 g/mol. The molecule has 2 N–H and O–H groups in total. The lowest BCUT2D eigenvalue weighted by Crippen LogP contribution is -2.53. The monoisotopic (exact) mass is 455 g/mol. The standard InChI is InChI=1S/C23H26ClN5O3/c1-2-23(17-7-4-3-5-8-17)21(31)29(22(32)25-23)26-20(30)16-27-11-13-28(14-12-27)19-10-6-9-18(24)15-19/h3-10,15H,2,11-14,16H2,1H3,(H,25,32)(H,26,30)/t23-/m1/s1. The molecule has 0 bridgehead atoms. The van der Waals surface area contributed by atoms with E-state index in [1.54, 1.807) is 12.1 Å². The first-order valence-electron chi connectivity index (χ1n) is 10.7. The van der Waals surface area contributed by atoms with Gasteiger partial charge < -0.3 is 10.2 Å². The number of hydrogen-bond donors (Lipinski definition) is 2. The third-order valence-electron chi connectivity index (χ3n) is 6.04. The van der Waals surface area contributed by atoms with E-state index in [2.05, 4.69) is 15.6 Å². The first kappa shape index (κ1) is 22.1. The van der Waals surface area contributed by atoms with Crippen molar-refractivity contribution < 1.29 is 14.4 Å². The number of carbonyl (C=O) groups excluding carboxylic acids is 3. The Morgan fingerprint density at radius 2 is 1.78 bits per heavy atom. The fourth-order valence-electron chi connectivity index (χ4n) is 4.24. The molecular formula is C23H26ClN5O3. The van der Waals surface area contributed by atoms with Crippen LogP contribution in [0.4, 0.5) is 10.5 Å². The summed E-state index contributed by atoms with van der Waals surface area (Å²) in [5, 5.41) is 4.26. The van der Waals surface area contributed by atoms with Crippen LogP contribution in [0.3, 0.4) is 0 Å². The zero-order chi connectivity index (χ0) is 22.7. The summed E-state index contributed by atoms with van der Waals surface area (Å²) < 4.78 is 0. The van der Waals surface area contributed by atoms with Crippen molar-refractivity contribution in [3.8, 4) is 0 Å². The summed E-state index contributed by atoms with van der Waals surface area (Å²) in [4.78, 5) is 42.5. The van der Waals surface area contributed by atoms with Gasteiger partial charge in [-0.05, 0) is 30.2 Å². The van der Waals surface area contributed by atoms with Gasteiger partial charge in [0.2, 0.25) is 0 Å². The molecule has 168 valence electrons. The lowest BCUT2D eigenvalue weighted by Gasteiger charge is -2.36. The van der Waals surface area contributed by atoms with Crippen molar-refractivity contribution in [2.24, 2.45) is 0 Å². The zero-order valence-electron chi connectivity index (χ0n) is 17.9. The van der Waals surface area contributed by atoms with Gasteiger partial charge >= 0.3 is 6.03 Å². The van der Waals surface area contributed by atoms with E-state index in [-0.39, 0.29) is 6.54 Å². The Hall–Kier alpha value is -3.10. The summed E-state index contributed by atoms with van der Waals surface area (Å²) in [7, 11) is 0. The maximum atomic E-state index is 13.1. The highest BCUT2D eigenvalue weighted by Gasteiger charge is 2.52. The summed E-state index contributed by atoms with van der Waals surface area (Å²) in [6.45, 7) is 4.81. The van der Waals surface area contributed by atoms with Gasteiger partial charge in [0.15, 0.2) is 0 Å². The van der Waals surface area contributed by atoms with E-state index >= 15 is 0 Å². The molecule has 2 aromatic carbocycles. The van der Waals surface area contributed by atoms with Crippen LogP contribution >= 0.6 is 11.6 Å². The van der Waals surface area contributed by atoms with Crippen LogP contribution < -0.4 is 15.6 Å². The van der Waals surface area contributed by atoms with E-state index in [4.69, 9.17) is 11.6 Å². The van der Waals surface area contributed by atoms with Gasteiger partial charge in [0.1, 0.15) is 5.54 Å². The molecule has 0 spiro atoms. The van der Waals surface area contributed by atoms with Crippen molar-refractivity contribution in [3.05, 3.63) is 65.2 Å². The Bertz CT molecular complexity index is 1010. The van der Waals surface area contributed by atoms with E-state index in [1.165, 1.54) is 0 Å². The number of nitrogens with zero attached hydrogens (tertiary/aromatic N) is 3. The van der Waals surface area contributed by atoms with Crippen molar-refractivity contribution >= 4 is 35.1 Å². The smallest absolute Gasteiger partial charge is 0.344 e. The summed E-state index contributed by atoms with van der Waals surface area (Å²) in [6.07, 6.45) is 0.374. The fourth-order valence-corrected chi connectivity index (χ4v) is 4.42. The number of amides is 4. The molecule has 0 saturated carbocycles. The van der Waals surface area contributed by atoms with Gasteiger partial charge in [0.05, 0.1) is 6.54 Å². The maximum absolute atomic E-state index is 13.1. The second-order valence-electron chi connectivity index (χ2n) is 7.97. The molecule has 4 rings (SSSR count). The third kappa shape index (κ3) is 4.28. The number of benzene rings is 2. The van der Waals surface area contributed by atoms with Crippen molar-refractivity contribution in [1.29, 1.82) is 0 Å². The molecule has 4 amide bonds. The molecule has 2 fully saturated rings. The van der Waals surface area contributed by atoms with E-state index in [0.29, 0.717) is 30.1 Å². The second-order valence-corrected chi connectivity index (χ2v) is 8.41. The van der Waals surface area contributed by atoms with Crippen molar-refractivity contribution in [2.45, 2.75) is 18.9 Å². The molecule has 0 unspecified atom stereocenters. The predicted octanol–water partition coefficient (Wildman–Crippen LogP) is 2.35. The number of hydrogen-bond acceptors (Lipinski definition) is 5. The molecule has 32 heavy (non-hydrogen) atoms. The first-order valence-corrected chi connectivity index (χ1v) is 11.1. The van der Waals surface area contributed by atoms with Crippen LogP contribution in [-0.2, 0) is 15.1 Å². The Labute approximate surface area is 192 Å². The van der Waals surface area contributed by atoms with Gasteiger partial charge in [-0.15, -0.1) is 0 Å². The largest absolute Gasteiger partial charge is 0.369 e. The highest BCUT2D eigenvalue weighted by molar-refractivity contribution is 6.30. The zero-order valence-corrected chi connectivity index (χ0v) is 18.6. The molecular weight excluding hydrogens is 430 g/mol. The van der Waals surface area contributed by atoms with Crippen molar-refractivity contribution in [1.82, 2.24) is 20.7 Å². The number of rotatable bonds is 6. The SMILES string of the molecule is CC[C@]1(c2ccccc2)NC(=O)N(NC(=O)CN2CCN(c3cccc(Cl)c3)CC2)C1=O. The number of halogens is 1. The fraction of sp³-hybridized carbons (Fsp3) is 0.348. The van der Waals surface area contributed by atoms with Gasteiger partial charge in [0, 0.05) is 36.9 Å². The van der Waals surface area contributed by atoms with E-state index in [1.807, 2.05) is 54.3 Å². The first-order chi connectivity index (χ1) is 15.4. The van der Waals surface area contributed by atoms with E-state index in [9.17, 15) is 14.4 Å². The molecule has 0 radical (unpaired) electrons. The number of anilines is 1. The molecule has 8 nitrogen and oxygen atoms in total. The minimum Gasteiger partial charge on any atom is -0.369 e. The summed E-state index contributed by atoms with van der Waals surface area (Å²) in [5.41, 5.74) is 3.07. The van der Waals surface area contributed by atoms with Crippen molar-refractivity contribution in [2.75, 3.05) is 37.6 Å². The van der Waals surface area contributed by atoms with E-state index in [0.717, 1.165) is 23.8 Å². The van der Waals surface area contributed by atoms with Gasteiger partial charge in [0.25, 0.3) is 11.8 Å². The van der Waals surface area contributed by atoms with Gasteiger partial charge in [-0.2, -0.15) is 5.01 Å².